The molecular formula is C44H33CrN6Na2O9S+. The van der Waals surface area contributed by atoms with Gasteiger partial charge in [0.05, 0.1) is 34.9 Å². The third-order valence-electron chi connectivity index (χ3n) is 8.81. The zero-order valence-corrected chi connectivity index (χ0v) is 39.7. The van der Waals surface area contributed by atoms with Gasteiger partial charge in [-0.15, -0.1) is 20.5 Å². The van der Waals surface area contributed by atoms with E-state index in [1.807, 2.05) is 48.5 Å². The summed E-state index contributed by atoms with van der Waals surface area (Å²) in [6, 6.07) is 41.8. The van der Waals surface area contributed by atoms with Gasteiger partial charge in [0, 0.05) is 38.9 Å². The minimum absolute atomic E-state index is 0. The second-order valence-corrected chi connectivity index (χ2v) is 13.4. The summed E-state index contributed by atoms with van der Waals surface area (Å²) in [7, 11) is 0. The molecule has 0 aromatic heterocycles. The molecule has 0 amide bonds. The van der Waals surface area contributed by atoms with Crippen molar-refractivity contribution in [3.05, 3.63) is 146 Å². The van der Waals surface area contributed by atoms with E-state index in [1.165, 1.54) is 12.1 Å². The fraction of sp³-hybridized carbons (Fsp3) is 0.0455. The fourth-order valence-corrected chi connectivity index (χ4v) is 6.51. The molecule has 8 rings (SSSR count). The number of rotatable bonds is 12. The van der Waals surface area contributed by atoms with Gasteiger partial charge >= 0.3 is 59.1 Å². The summed E-state index contributed by atoms with van der Waals surface area (Å²) in [4.78, 5) is 0.482. The number of phenolic OH excluding ortho intramolecular Hbond substituents is 4. The number of phenols is 4. The van der Waals surface area contributed by atoms with Crippen LogP contribution in [0.15, 0.2) is 181 Å². The molecule has 0 radical (unpaired) electrons. The van der Waals surface area contributed by atoms with Crippen LogP contribution in [0.25, 0.3) is 32.3 Å². The van der Waals surface area contributed by atoms with Crippen molar-refractivity contribution < 1.29 is 121 Å². The molecule has 0 bridgehead atoms. The van der Waals surface area contributed by atoms with Crippen molar-refractivity contribution in [3.63, 3.8) is 0 Å². The number of benzene rings is 8. The summed E-state index contributed by atoms with van der Waals surface area (Å²) in [6.45, 7) is 0.171. The Morgan fingerprint density at radius 2 is 0.984 bits per heavy atom. The van der Waals surface area contributed by atoms with E-state index >= 15 is 0 Å². The number of aromatic hydroxyl groups is 4. The topological polar surface area (TPSA) is 226 Å². The van der Waals surface area contributed by atoms with E-state index in [0.29, 0.717) is 56.2 Å². The zero-order chi connectivity index (χ0) is 41.8. The van der Waals surface area contributed by atoms with Crippen LogP contribution in [-0.2, 0) is 26.7 Å². The smallest absolute Gasteiger partial charge is 0.691 e. The molecule has 0 aliphatic carbocycles. The molecule has 15 nitrogen and oxygen atoms in total. The monoisotopic (exact) mass is 919 g/mol. The molecule has 306 valence electrons. The van der Waals surface area contributed by atoms with Crippen LogP contribution in [0.5, 0.6) is 28.7 Å². The second kappa shape index (κ2) is 24.8. The Morgan fingerprint density at radius 1 is 0.492 bits per heavy atom. The number of azo groups is 3. The third-order valence-corrected chi connectivity index (χ3v) is 9.45. The molecule has 8 aromatic rings. The molecule has 0 atom stereocenters. The molecule has 0 saturated heterocycles. The van der Waals surface area contributed by atoms with Crippen LogP contribution < -0.4 is 69.1 Å². The van der Waals surface area contributed by atoms with Crippen LogP contribution in [0.4, 0.5) is 34.1 Å². The van der Waals surface area contributed by atoms with Crippen molar-refractivity contribution in [1.82, 2.24) is 0 Å². The maximum Gasteiger partial charge on any atom is 1.00 e. The van der Waals surface area contributed by atoms with Gasteiger partial charge in [-0.25, -0.2) is 0 Å². The van der Waals surface area contributed by atoms with E-state index in [0.717, 1.165) is 21.5 Å². The molecule has 0 fully saturated rings. The van der Waals surface area contributed by atoms with E-state index in [2.05, 4.69) is 40.1 Å². The standard InChI is InChI=1S/C24H20N4O4.C20H14N2O5S.Cr.2Na/c29-13-14-32-19-9-6-17(7-10-19)25-26-18-8-12-22(30)21(15-18)27-28-24-20-4-2-1-3-16(20)5-11-23(24)31;23-16-10-9-12-5-1-2-6-13(12)19(16)21-22-20-15-8-4-3-7-14(15)18(11-17(20)24)28-27-26-25;;;/h1-12,15,29-31H,13-14H2;1-11,23-25H;;;/q;;;2*+1/p-1. The minimum atomic E-state index is -0.154. The first kappa shape index (κ1) is 50.7. The summed E-state index contributed by atoms with van der Waals surface area (Å²) in [5.74, 6) is 0.382. The largest absolute Gasteiger partial charge is 1.00 e. The van der Waals surface area contributed by atoms with Gasteiger partial charge in [-0.2, -0.15) is 14.6 Å². The first-order valence-electron chi connectivity index (χ1n) is 18.0. The average molecular weight is 920 g/mol. The van der Waals surface area contributed by atoms with Gasteiger partial charge in [0.15, 0.2) is 0 Å². The van der Waals surface area contributed by atoms with E-state index in [4.69, 9.17) is 9.84 Å². The van der Waals surface area contributed by atoms with Crippen molar-refractivity contribution in [2.24, 2.45) is 30.7 Å². The Kier molecular flexibility index (Phi) is 19.9. The van der Waals surface area contributed by atoms with Crippen molar-refractivity contribution in [1.29, 1.82) is 0 Å². The maximum absolute atomic E-state index is 10.4. The summed E-state index contributed by atoms with van der Waals surface area (Å²) in [5, 5.41) is 93.0. The normalized spacial score (nSPS) is 11.0. The van der Waals surface area contributed by atoms with Gasteiger partial charge in [-0.3, -0.25) is 5.04 Å². The molecule has 0 aliphatic heterocycles. The van der Waals surface area contributed by atoms with E-state index in [1.54, 1.807) is 84.9 Å². The predicted octanol–water partition coefficient (Wildman–Crippen LogP) is 5.51. The van der Waals surface area contributed by atoms with Crippen molar-refractivity contribution in [3.8, 4) is 28.7 Å². The minimum Gasteiger partial charge on any atom is -0.691 e. The van der Waals surface area contributed by atoms with Gasteiger partial charge in [-0.05, 0) is 71.4 Å². The van der Waals surface area contributed by atoms with Gasteiger partial charge in [0.25, 0.3) is 0 Å². The molecule has 0 unspecified atom stereocenters. The molecule has 0 spiro atoms. The average Bonchev–Trinajstić information content (AvgIpc) is 3.28. The van der Waals surface area contributed by atoms with Crippen LogP contribution in [0, 0.1) is 0 Å². The van der Waals surface area contributed by atoms with Crippen LogP contribution in [0.2, 0.25) is 0 Å². The molecule has 8 aromatic carbocycles. The number of hydrogen-bond donors (Lipinski definition) is 5. The summed E-state index contributed by atoms with van der Waals surface area (Å²) < 4.78 is 9.69. The quantitative estimate of drug-likeness (QED) is 0.0340. The molecule has 63 heavy (non-hydrogen) atoms. The summed E-state index contributed by atoms with van der Waals surface area (Å²) >= 11 is 0.685. The molecular weight excluding hydrogens is 887 g/mol. The van der Waals surface area contributed by atoms with Crippen LogP contribution in [0.3, 0.4) is 0 Å². The fourth-order valence-electron chi connectivity index (χ4n) is 5.98. The number of aliphatic hydroxyl groups excluding tert-OH is 1. The van der Waals surface area contributed by atoms with E-state index in [-0.39, 0.29) is 124 Å². The van der Waals surface area contributed by atoms with Crippen molar-refractivity contribution in [2.45, 2.75) is 4.90 Å². The number of hydrogen-bond acceptors (Lipinski definition) is 16. The number of nitrogens with zero attached hydrogens (tertiary/aromatic N) is 6. The second-order valence-electron chi connectivity index (χ2n) is 12.7. The zero-order valence-electron chi connectivity index (χ0n) is 33.6. The SMILES string of the molecule is OCCOc1ccc(N=Nc2ccc(O)c(N=Nc3c(O)ccc4ccccc34)c2)cc1.[Cr].[Na+].[Na+].[O-]OOSc1cc(O)c(N=Nc2c(O)ccc3ccccc23)c2ccccc12. The molecule has 0 saturated carbocycles. The Labute approximate surface area is 419 Å². The first-order chi connectivity index (χ1) is 29.3. The van der Waals surface area contributed by atoms with Gasteiger partial charge in [-0.1, -0.05) is 84.9 Å². The molecule has 0 aliphatic rings. The molecule has 19 heteroatoms. The Morgan fingerprint density at radius 3 is 1.57 bits per heavy atom. The first-order valence-corrected chi connectivity index (χ1v) is 18.8. The third kappa shape index (κ3) is 12.8. The number of fused-ring (bicyclic) bond motifs is 3. The Balaban J connectivity index is 0.000000266. The van der Waals surface area contributed by atoms with Gasteiger partial charge in [0.2, 0.25) is 0 Å². The molecule has 0 heterocycles. The van der Waals surface area contributed by atoms with Crippen molar-refractivity contribution in [2.75, 3.05) is 13.2 Å². The van der Waals surface area contributed by atoms with Crippen LogP contribution >= 0.6 is 12.0 Å². The summed E-state index contributed by atoms with van der Waals surface area (Å²) in [5.41, 5.74) is 2.13. The Bertz CT molecular complexity index is 2900. The number of ether oxygens (including phenoxy) is 1. The number of aliphatic hydroxyl groups is 1. The van der Waals surface area contributed by atoms with Crippen LogP contribution in [0.1, 0.15) is 0 Å². The van der Waals surface area contributed by atoms with Crippen molar-refractivity contribution >= 4 is 78.5 Å². The van der Waals surface area contributed by atoms with Crippen LogP contribution in [-0.4, -0.2) is 38.7 Å². The summed E-state index contributed by atoms with van der Waals surface area (Å²) in [6.07, 6.45) is 0. The van der Waals surface area contributed by atoms with Gasteiger partial charge < -0.3 is 35.5 Å². The predicted molar refractivity (Wildman–Crippen MR) is 225 cm³/mol. The maximum atomic E-state index is 10.4. The van der Waals surface area contributed by atoms with E-state index < -0.39 is 0 Å². The van der Waals surface area contributed by atoms with E-state index in [9.17, 15) is 25.7 Å². The van der Waals surface area contributed by atoms with Gasteiger partial charge in [0.1, 0.15) is 58.1 Å². The molecule has 5 N–H and O–H groups in total. The Hall–Kier alpha value is -4.94.